The van der Waals surface area contributed by atoms with E-state index in [0.717, 1.165) is 34.3 Å². The van der Waals surface area contributed by atoms with Gasteiger partial charge in [0.1, 0.15) is 11.6 Å². The molecule has 0 amide bonds. The van der Waals surface area contributed by atoms with Crippen molar-refractivity contribution < 1.29 is 17.9 Å². The number of hydrogen-bond acceptors (Lipinski definition) is 4. The van der Waals surface area contributed by atoms with E-state index in [9.17, 15) is 13.2 Å². The standard InChI is InChI=1S/C26H23F3N4O/c1-16-12-19(8-10-30-16)22-7-6-20(14-23(22)34-2)25-31-24-15-18(9-11-33(24)32-25)17-4-3-5-21(13-17)26(27,28)29/h3-8,10,12-14,18H,9,11,15H2,1-2H3. The Balaban J connectivity index is 1.42. The number of rotatable bonds is 4. The molecule has 3 heterocycles. The predicted molar refractivity (Wildman–Crippen MR) is 122 cm³/mol. The van der Waals surface area contributed by atoms with Crippen molar-refractivity contribution in [3.05, 3.63) is 83.4 Å². The van der Waals surface area contributed by atoms with E-state index < -0.39 is 11.7 Å². The van der Waals surface area contributed by atoms with Crippen molar-refractivity contribution in [2.24, 2.45) is 0 Å². The lowest BCUT2D eigenvalue weighted by Gasteiger charge is -2.23. The summed E-state index contributed by atoms with van der Waals surface area (Å²) in [6.07, 6.45) is -1.33. The van der Waals surface area contributed by atoms with Gasteiger partial charge in [-0.3, -0.25) is 4.98 Å². The second-order valence-electron chi connectivity index (χ2n) is 8.49. The number of nitrogens with zero attached hydrogens (tertiary/aromatic N) is 4. The van der Waals surface area contributed by atoms with Gasteiger partial charge in [0.25, 0.3) is 0 Å². The molecule has 2 aromatic heterocycles. The molecule has 1 aliphatic rings. The number of benzene rings is 2. The molecule has 0 spiro atoms. The number of aromatic nitrogens is 4. The lowest BCUT2D eigenvalue weighted by molar-refractivity contribution is -0.137. The molecule has 2 aromatic carbocycles. The Labute approximate surface area is 195 Å². The average molecular weight is 464 g/mol. The van der Waals surface area contributed by atoms with Crippen molar-refractivity contribution in [3.63, 3.8) is 0 Å². The van der Waals surface area contributed by atoms with Gasteiger partial charge in [-0.1, -0.05) is 24.3 Å². The number of hydrogen-bond donors (Lipinski definition) is 0. The summed E-state index contributed by atoms with van der Waals surface area (Å²) in [4.78, 5) is 8.97. The Kier molecular flexibility index (Phi) is 5.59. The number of ether oxygens (including phenoxy) is 1. The zero-order valence-electron chi connectivity index (χ0n) is 18.8. The summed E-state index contributed by atoms with van der Waals surface area (Å²) < 4.78 is 46.9. The molecule has 5 nitrogen and oxygen atoms in total. The average Bonchev–Trinajstić information content (AvgIpc) is 3.27. The molecular formula is C26H23F3N4O. The highest BCUT2D eigenvalue weighted by molar-refractivity contribution is 5.74. The highest BCUT2D eigenvalue weighted by Gasteiger charge is 2.32. The molecule has 1 unspecified atom stereocenters. The van der Waals surface area contributed by atoms with Gasteiger partial charge in [-0.25, -0.2) is 9.67 Å². The minimum absolute atomic E-state index is 0.0290. The van der Waals surface area contributed by atoms with Crippen LogP contribution in [0.4, 0.5) is 13.2 Å². The Morgan fingerprint density at radius 2 is 1.88 bits per heavy atom. The molecule has 5 rings (SSSR count). The maximum atomic E-state index is 13.1. The van der Waals surface area contributed by atoms with E-state index in [1.807, 2.05) is 41.9 Å². The van der Waals surface area contributed by atoms with Crippen LogP contribution >= 0.6 is 0 Å². The third-order valence-corrected chi connectivity index (χ3v) is 6.22. The Morgan fingerprint density at radius 1 is 1.03 bits per heavy atom. The molecule has 1 aliphatic heterocycles. The molecule has 0 N–H and O–H groups in total. The van der Waals surface area contributed by atoms with Gasteiger partial charge in [0, 0.05) is 36.0 Å². The molecule has 4 aromatic rings. The van der Waals surface area contributed by atoms with Crippen LogP contribution in [0.3, 0.4) is 0 Å². The summed E-state index contributed by atoms with van der Waals surface area (Å²) in [6.45, 7) is 2.55. The van der Waals surface area contributed by atoms with E-state index in [1.54, 1.807) is 19.4 Å². The second kappa shape index (κ2) is 8.59. The van der Waals surface area contributed by atoms with Crippen LogP contribution in [0.2, 0.25) is 0 Å². The largest absolute Gasteiger partial charge is 0.496 e. The first-order valence-electron chi connectivity index (χ1n) is 11.0. The predicted octanol–water partition coefficient (Wildman–Crippen LogP) is 6.07. The molecule has 34 heavy (non-hydrogen) atoms. The summed E-state index contributed by atoms with van der Waals surface area (Å²) in [5.41, 5.74) is 3.77. The molecular weight excluding hydrogens is 441 g/mol. The van der Waals surface area contributed by atoms with E-state index in [1.165, 1.54) is 12.1 Å². The van der Waals surface area contributed by atoms with Crippen molar-refractivity contribution in [2.45, 2.75) is 38.4 Å². The normalized spacial score (nSPS) is 15.7. The fraction of sp³-hybridized carbons (Fsp3) is 0.269. The molecule has 1 atom stereocenters. The van der Waals surface area contributed by atoms with E-state index in [4.69, 9.17) is 9.72 Å². The summed E-state index contributed by atoms with van der Waals surface area (Å²) in [5, 5.41) is 4.66. The first-order chi connectivity index (χ1) is 16.3. The van der Waals surface area contributed by atoms with Crippen LogP contribution in [0.5, 0.6) is 5.75 Å². The molecule has 0 fully saturated rings. The third-order valence-electron chi connectivity index (χ3n) is 6.22. The van der Waals surface area contributed by atoms with Crippen LogP contribution in [-0.2, 0) is 19.1 Å². The van der Waals surface area contributed by atoms with E-state index >= 15 is 0 Å². The summed E-state index contributed by atoms with van der Waals surface area (Å²) in [6, 6.07) is 15.4. The maximum absolute atomic E-state index is 13.1. The fourth-order valence-corrected chi connectivity index (χ4v) is 4.46. The first-order valence-corrected chi connectivity index (χ1v) is 11.0. The quantitative estimate of drug-likeness (QED) is 0.368. The molecule has 0 saturated heterocycles. The maximum Gasteiger partial charge on any atom is 0.416 e. The minimum Gasteiger partial charge on any atom is -0.496 e. The molecule has 0 aliphatic carbocycles. The molecule has 0 bridgehead atoms. The summed E-state index contributed by atoms with van der Waals surface area (Å²) in [5.74, 6) is 2.03. The lowest BCUT2D eigenvalue weighted by atomic mass is 9.89. The van der Waals surface area contributed by atoms with Crippen molar-refractivity contribution >= 4 is 0 Å². The molecule has 0 saturated carbocycles. The SMILES string of the molecule is COc1cc(-c2nc3n(n2)CCC(c2cccc(C(F)(F)F)c2)C3)ccc1-c1ccnc(C)c1. The van der Waals surface area contributed by atoms with Crippen LogP contribution < -0.4 is 4.74 Å². The zero-order chi connectivity index (χ0) is 23.9. The minimum atomic E-state index is -4.35. The van der Waals surface area contributed by atoms with Crippen LogP contribution in [0.25, 0.3) is 22.5 Å². The van der Waals surface area contributed by atoms with Gasteiger partial charge < -0.3 is 4.74 Å². The van der Waals surface area contributed by atoms with E-state index in [0.29, 0.717) is 36.5 Å². The van der Waals surface area contributed by atoms with Gasteiger partial charge in [-0.2, -0.15) is 18.3 Å². The number of fused-ring (bicyclic) bond motifs is 1. The number of aryl methyl sites for hydroxylation is 2. The van der Waals surface area contributed by atoms with Gasteiger partial charge in [-0.15, -0.1) is 0 Å². The van der Waals surface area contributed by atoms with Crippen molar-refractivity contribution in [3.8, 4) is 28.3 Å². The zero-order valence-corrected chi connectivity index (χ0v) is 18.8. The third kappa shape index (κ3) is 4.27. The van der Waals surface area contributed by atoms with Gasteiger partial charge >= 0.3 is 6.18 Å². The molecule has 8 heteroatoms. The second-order valence-corrected chi connectivity index (χ2v) is 8.49. The number of pyridine rings is 1. The lowest BCUT2D eigenvalue weighted by Crippen LogP contribution is -2.19. The molecule has 0 radical (unpaired) electrons. The smallest absolute Gasteiger partial charge is 0.416 e. The Morgan fingerprint density at radius 3 is 2.65 bits per heavy atom. The topological polar surface area (TPSA) is 52.8 Å². The van der Waals surface area contributed by atoms with Crippen LogP contribution in [0, 0.1) is 6.92 Å². The van der Waals surface area contributed by atoms with Gasteiger partial charge in [0.15, 0.2) is 5.82 Å². The van der Waals surface area contributed by atoms with E-state index in [2.05, 4.69) is 10.1 Å². The van der Waals surface area contributed by atoms with Crippen molar-refractivity contribution in [1.82, 2.24) is 19.7 Å². The monoisotopic (exact) mass is 464 g/mol. The van der Waals surface area contributed by atoms with Crippen LogP contribution in [0.1, 0.15) is 35.0 Å². The van der Waals surface area contributed by atoms with E-state index in [-0.39, 0.29) is 5.92 Å². The van der Waals surface area contributed by atoms with Gasteiger partial charge in [-0.05, 0) is 60.7 Å². The van der Waals surface area contributed by atoms with Crippen molar-refractivity contribution in [1.29, 1.82) is 0 Å². The highest BCUT2D eigenvalue weighted by atomic mass is 19.4. The van der Waals surface area contributed by atoms with Gasteiger partial charge in [0.2, 0.25) is 0 Å². The number of halogens is 3. The first kappa shape index (κ1) is 22.1. The highest BCUT2D eigenvalue weighted by Crippen LogP contribution is 2.36. The summed E-state index contributed by atoms with van der Waals surface area (Å²) >= 11 is 0. The molecule has 174 valence electrons. The van der Waals surface area contributed by atoms with Gasteiger partial charge in [0.05, 0.1) is 12.7 Å². The number of alkyl halides is 3. The van der Waals surface area contributed by atoms with Crippen molar-refractivity contribution in [2.75, 3.05) is 7.11 Å². The Hall–Kier alpha value is -3.68. The Bertz CT molecular complexity index is 1350. The van der Waals surface area contributed by atoms with Crippen LogP contribution in [-0.4, -0.2) is 26.9 Å². The van der Waals surface area contributed by atoms with Crippen LogP contribution in [0.15, 0.2) is 60.8 Å². The fourth-order valence-electron chi connectivity index (χ4n) is 4.46. The summed E-state index contributed by atoms with van der Waals surface area (Å²) in [7, 11) is 1.63. The number of methoxy groups -OCH3 is 1.